The first-order valence-corrected chi connectivity index (χ1v) is 4.88. The standard InChI is InChI=1S/C11H14FNO/c12-10-3-1-8(2-4-10)11-9(7-13)5-6-14-11/h1-4,9,11H,5-7,13H2/t9-,11+/m0/s1. The van der Waals surface area contributed by atoms with Gasteiger partial charge in [-0.15, -0.1) is 0 Å². The maximum atomic E-state index is 12.7. The van der Waals surface area contributed by atoms with Crippen LogP contribution in [0.1, 0.15) is 18.1 Å². The molecular weight excluding hydrogens is 181 g/mol. The monoisotopic (exact) mass is 195 g/mol. The van der Waals surface area contributed by atoms with Crippen LogP contribution in [-0.2, 0) is 4.74 Å². The second-order valence-corrected chi connectivity index (χ2v) is 3.63. The minimum Gasteiger partial charge on any atom is -0.373 e. The van der Waals surface area contributed by atoms with Gasteiger partial charge in [0.15, 0.2) is 0 Å². The number of halogens is 1. The number of hydrogen-bond acceptors (Lipinski definition) is 2. The second-order valence-electron chi connectivity index (χ2n) is 3.63. The Morgan fingerprint density at radius 3 is 2.71 bits per heavy atom. The zero-order chi connectivity index (χ0) is 9.97. The van der Waals surface area contributed by atoms with Crippen molar-refractivity contribution >= 4 is 0 Å². The van der Waals surface area contributed by atoms with Gasteiger partial charge in [-0.1, -0.05) is 12.1 Å². The summed E-state index contributed by atoms with van der Waals surface area (Å²) in [5.41, 5.74) is 6.66. The summed E-state index contributed by atoms with van der Waals surface area (Å²) in [6, 6.07) is 6.47. The van der Waals surface area contributed by atoms with Crippen LogP contribution in [-0.4, -0.2) is 13.2 Å². The maximum absolute atomic E-state index is 12.7. The molecular formula is C11H14FNO. The van der Waals surface area contributed by atoms with Crippen molar-refractivity contribution in [3.05, 3.63) is 35.6 Å². The lowest BCUT2D eigenvalue weighted by Crippen LogP contribution is -2.17. The van der Waals surface area contributed by atoms with E-state index in [1.54, 1.807) is 12.1 Å². The van der Waals surface area contributed by atoms with Gasteiger partial charge in [-0.05, 0) is 30.7 Å². The smallest absolute Gasteiger partial charge is 0.123 e. The molecule has 1 aromatic carbocycles. The number of benzene rings is 1. The lowest BCUT2D eigenvalue weighted by Gasteiger charge is -2.16. The van der Waals surface area contributed by atoms with E-state index in [0.717, 1.165) is 18.6 Å². The van der Waals surface area contributed by atoms with Crippen LogP contribution in [0.2, 0.25) is 0 Å². The van der Waals surface area contributed by atoms with E-state index in [1.807, 2.05) is 0 Å². The maximum Gasteiger partial charge on any atom is 0.123 e. The fraction of sp³-hybridized carbons (Fsp3) is 0.455. The predicted molar refractivity (Wildman–Crippen MR) is 52.3 cm³/mol. The van der Waals surface area contributed by atoms with Crippen molar-refractivity contribution in [2.45, 2.75) is 12.5 Å². The van der Waals surface area contributed by atoms with Crippen LogP contribution < -0.4 is 5.73 Å². The third kappa shape index (κ3) is 1.79. The molecule has 1 saturated heterocycles. The van der Waals surface area contributed by atoms with Crippen LogP contribution in [0.15, 0.2) is 24.3 Å². The normalized spacial score (nSPS) is 26.7. The van der Waals surface area contributed by atoms with Crippen LogP contribution >= 0.6 is 0 Å². The fourth-order valence-electron chi connectivity index (χ4n) is 1.90. The largest absolute Gasteiger partial charge is 0.373 e. The molecule has 0 unspecified atom stereocenters. The summed E-state index contributed by atoms with van der Waals surface area (Å²) in [4.78, 5) is 0. The van der Waals surface area contributed by atoms with Gasteiger partial charge in [-0.25, -0.2) is 4.39 Å². The molecule has 2 N–H and O–H groups in total. The molecule has 0 aliphatic carbocycles. The summed E-state index contributed by atoms with van der Waals surface area (Å²) in [5, 5.41) is 0. The first kappa shape index (κ1) is 9.62. The van der Waals surface area contributed by atoms with Gasteiger partial charge < -0.3 is 10.5 Å². The van der Waals surface area contributed by atoms with Gasteiger partial charge in [0, 0.05) is 12.5 Å². The first-order chi connectivity index (χ1) is 6.81. The quantitative estimate of drug-likeness (QED) is 0.781. The van der Waals surface area contributed by atoms with Crippen LogP contribution in [0.4, 0.5) is 4.39 Å². The molecule has 1 aliphatic heterocycles. The van der Waals surface area contributed by atoms with Gasteiger partial charge in [0.05, 0.1) is 6.10 Å². The zero-order valence-electron chi connectivity index (χ0n) is 7.95. The first-order valence-electron chi connectivity index (χ1n) is 4.88. The van der Waals surface area contributed by atoms with Crippen molar-refractivity contribution in [3.63, 3.8) is 0 Å². The van der Waals surface area contributed by atoms with Crippen molar-refractivity contribution in [1.29, 1.82) is 0 Å². The molecule has 76 valence electrons. The Hall–Kier alpha value is -0.930. The van der Waals surface area contributed by atoms with Crippen molar-refractivity contribution in [1.82, 2.24) is 0 Å². The van der Waals surface area contributed by atoms with E-state index in [-0.39, 0.29) is 11.9 Å². The van der Waals surface area contributed by atoms with Gasteiger partial charge in [0.2, 0.25) is 0 Å². The molecule has 0 saturated carbocycles. The molecule has 0 spiro atoms. The highest BCUT2D eigenvalue weighted by atomic mass is 19.1. The van der Waals surface area contributed by atoms with Crippen molar-refractivity contribution in [2.75, 3.05) is 13.2 Å². The topological polar surface area (TPSA) is 35.2 Å². The predicted octanol–water partition coefficient (Wildman–Crippen LogP) is 1.86. The molecule has 1 aromatic rings. The highest BCUT2D eigenvalue weighted by molar-refractivity contribution is 5.20. The zero-order valence-corrected chi connectivity index (χ0v) is 7.95. The number of nitrogens with two attached hydrogens (primary N) is 1. The molecule has 1 aliphatic rings. The Balaban J connectivity index is 2.17. The van der Waals surface area contributed by atoms with Crippen molar-refractivity contribution in [3.8, 4) is 0 Å². The van der Waals surface area contributed by atoms with Crippen LogP contribution in [0, 0.1) is 11.7 Å². The number of hydrogen-bond donors (Lipinski definition) is 1. The minimum absolute atomic E-state index is 0.0561. The third-order valence-electron chi connectivity index (χ3n) is 2.72. The Bertz CT molecular complexity index is 299. The molecule has 0 amide bonds. The number of ether oxygens (including phenoxy) is 1. The van der Waals surface area contributed by atoms with Gasteiger partial charge in [0.25, 0.3) is 0 Å². The van der Waals surface area contributed by atoms with E-state index in [0.29, 0.717) is 12.5 Å². The van der Waals surface area contributed by atoms with Gasteiger partial charge in [-0.2, -0.15) is 0 Å². The van der Waals surface area contributed by atoms with Gasteiger partial charge in [-0.3, -0.25) is 0 Å². The van der Waals surface area contributed by atoms with E-state index in [1.165, 1.54) is 12.1 Å². The molecule has 1 fully saturated rings. The van der Waals surface area contributed by atoms with Crippen LogP contribution in [0.3, 0.4) is 0 Å². The summed E-state index contributed by atoms with van der Waals surface area (Å²) in [5.74, 6) is 0.163. The Morgan fingerprint density at radius 2 is 2.07 bits per heavy atom. The Kier molecular flexibility index (Phi) is 2.79. The molecule has 0 aromatic heterocycles. The average Bonchev–Trinajstić information content (AvgIpc) is 2.67. The van der Waals surface area contributed by atoms with E-state index in [4.69, 9.17) is 10.5 Å². The number of rotatable bonds is 2. The molecule has 2 atom stereocenters. The van der Waals surface area contributed by atoms with Crippen LogP contribution in [0.5, 0.6) is 0 Å². The Morgan fingerprint density at radius 1 is 1.36 bits per heavy atom. The van der Waals surface area contributed by atoms with E-state index < -0.39 is 0 Å². The Labute approximate surface area is 82.9 Å². The average molecular weight is 195 g/mol. The molecule has 2 nitrogen and oxygen atoms in total. The SMILES string of the molecule is NC[C@@H]1CCO[C@@H]1c1ccc(F)cc1. The van der Waals surface area contributed by atoms with Gasteiger partial charge in [0.1, 0.15) is 5.82 Å². The van der Waals surface area contributed by atoms with E-state index >= 15 is 0 Å². The molecule has 1 heterocycles. The van der Waals surface area contributed by atoms with Crippen molar-refractivity contribution in [2.24, 2.45) is 11.7 Å². The van der Waals surface area contributed by atoms with Gasteiger partial charge >= 0.3 is 0 Å². The lowest BCUT2D eigenvalue weighted by molar-refractivity contribution is 0.0924. The summed E-state index contributed by atoms with van der Waals surface area (Å²) in [6.45, 7) is 1.38. The highest BCUT2D eigenvalue weighted by Crippen LogP contribution is 2.33. The van der Waals surface area contributed by atoms with E-state index in [2.05, 4.69) is 0 Å². The summed E-state index contributed by atoms with van der Waals surface area (Å²) in [7, 11) is 0. The molecule has 3 heteroatoms. The summed E-state index contributed by atoms with van der Waals surface area (Å²) < 4.78 is 18.3. The summed E-state index contributed by atoms with van der Waals surface area (Å²) in [6.07, 6.45) is 1.05. The fourth-order valence-corrected chi connectivity index (χ4v) is 1.90. The second kappa shape index (κ2) is 4.07. The van der Waals surface area contributed by atoms with Crippen LogP contribution in [0.25, 0.3) is 0 Å². The summed E-state index contributed by atoms with van der Waals surface area (Å²) >= 11 is 0. The lowest BCUT2D eigenvalue weighted by atomic mass is 9.96. The third-order valence-corrected chi connectivity index (χ3v) is 2.72. The molecule has 0 bridgehead atoms. The minimum atomic E-state index is -0.212. The molecule has 14 heavy (non-hydrogen) atoms. The molecule has 0 radical (unpaired) electrons. The highest BCUT2D eigenvalue weighted by Gasteiger charge is 2.28. The molecule has 2 rings (SSSR count). The van der Waals surface area contributed by atoms with E-state index in [9.17, 15) is 4.39 Å². The van der Waals surface area contributed by atoms with Crippen molar-refractivity contribution < 1.29 is 9.13 Å².